The molecule has 0 saturated heterocycles. The molecule has 0 radical (unpaired) electrons. The van der Waals surface area contributed by atoms with Gasteiger partial charge in [-0.25, -0.2) is 0 Å². The van der Waals surface area contributed by atoms with E-state index in [0.29, 0.717) is 0 Å². The quantitative estimate of drug-likeness (QED) is 0.768. The average molecular weight is 265 g/mol. The van der Waals surface area contributed by atoms with E-state index >= 15 is 0 Å². The largest absolute Gasteiger partial charge is 0.336 e. The molecule has 2 heteroatoms. The number of carbonyl (C=O) groups is 1. The lowest BCUT2D eigenvalue weighted by atomic mass is 9.99. The molecule has 0 saturated carbocycles. The molecule has 1 aromatic carbocycles. The molecule has 2 aromatic rings. The number of nitrogens with zero attached hydrogens (tertiary/aromatic N) is 1. The Hall–Kier alpha value is -2.09. The molecule has 1 aromatic heterocycles. The molecule has 3 rings (SSSR count). The zero-order chi connectivity index (χ0) is 14.3. The highest BCUT2D eigenvalue weighted by Gasteiger charge is 2.34. The predicted octanol–water partition coefficient (Wildman–Crippen LogP) is 4.04. The summed E-state index contributed by atoms with van der Waals surface area (Å²) in [6, 6.07) is 11.5. The molecular formula is C18H19NO. The van der Waals surface area contributed by atoms with Gasteiger partial charge < -0.3 is 4.57 Å². The number of rotatable bonds is 3. The van der Waals surface area contributed by atoms with Crippen molar-refractivity contribution >= 4 is 11.9 Å². The predicted molar refractivity (Wildman–Crippen MR) is 82.0 cm³/mol. The van der Waals surface area contributed by atoms with E-state index in [9.17, 15) is 4.79 Å². The number of aromatic nitrogens is 1. The summed E-state index contributed by atoms with van der Waals surface area (Å²) in [6.45, 7) is 8.26. The number of carbonyl (C=O) groups excluding carboxylic acids is 1. The fraction of sp³-hybridized carbons (Fsp3) is 0.278. The Morgan fingerprint density at radius 1 is 1.30 bits per heavy atom. The third-order valence-electron chi connectivity index (χ3n) is 4.20. The van der Waals surface area contributed by atoms with Crippen LogP contribution in [-0.2, 0) is 12.0 Å². The lowest BCUT2D eigenvalue weighted by Crippen LogP contribution is -2.25. The lowest BCUT2D eigenvalue weighted by molar-refractivity contribution is 0.102. The lowest BCUT2D eigenvalue weighted by Gasteiger charge is -2.23. The minimum absolute atomic E-state index is 0.00360. The Balaban J connectivity index is 2.16. The molecule has 0 amide bonds. The second-order valence-electron chi connectivity index (χ2n) is 5.98. The van der Waals surface area contributed by atoms with Gasteiger partial charge in [0.25, 0.3) is 0 Å². The number of hydrogen-bond acceptors (Lipinski definition) is 1. The van der Waals surface area contributed by atoms with Gasteiger partial charge in [0.1, 0.15) is 0 Å². The summed E-state index contributed by atoms with van der Waals surface area (Å²) in [7, 11) is 0. The van der Waals surface area contributed by atoms with Gasteiger partial charge in [-0.05, 0) is 38.3 Å². The molecule has 0 spiro atoms. The molecule has 1 aliphatic heterocycles. The van der Waals surface area contributed by atoms with Gasteiger partial charge in [0.2, 0.25) is 5.78 Å². The van der Waals surface area contributed by atoms with Crippen LogP contribution in [0.4, 0.5) is 0 Å². The van der Waals surface area contributed by atoms with Crippen LogP contribution in [0.15, 0.2) is 43.0 Å². The molecule has 0 unspecified atom stereocenters. The summed E-state index contributed by atoms with van der Waals surface area (Å²) >= 11 is 0. The van der Waals surface area contributed by atoms with Crippen LogP contribution in [0.2, 0.25) is 0 Å². The van der Waals surface area contributed by atoms with Crippen molar-refractivity contribution in [1.82, 2.24) is 4.57 Å². The van der Waals surface area contributed by atoms with Gasteiger partial charge >= 0.3 is 0 Å². The van der Waals surface area contributed by atoms with Gasteiger partial charge in [0.15, 0.2) is 0 Å². The van der Waals surface area contributed by atoms with Gasteiger partial charge in [-0.3, -0.25) is 4.79 Å². The van der Waals surface area contributed by atoms with E-state index in [2.05, 4.69) is 25.0 Å². The van der Waals surface area contributed by atoms with Gasteiger partial charge in [0.05, 0.1) is 5.69 Å². The summed E-state index contributed by atoms with van der Waals surface area (Å²) in [5, 5.41) is 0. The monoisotopic (exact) mass is 265 g/mol. The molecule has 0 fully saturated rings. The Kier molecular flexibility index (Phi) is 2.89. The number of hydrogen-bond donors (Lipinski definition) is 0. The van der Waals surface area contributed by atoms with Crippen molar-refractivity contribution in [3.05, 3.63) is 65.5 Å². The third-order valence-corrected chi connectivity index (χ3v) is 4.20. The third kappa shape index (κ3) is 1.83. The van der Waals surface area contributed by atoms with E-state index < -0.39 is 0 Å². The molecule has 2 nitrogen and oxygen atoms in total. The fourth-order valence-corrected chi connectivity index (χ4v) is 3.13. The highest BCUT2D eigenvalue weighted by molar-refractivity contribution is 6.08. The standard InChI is InChI=1S/C18H19NO/c1-4-13-12-16(17(20)14-8-6-5-7-9-14)19-15(13)10-11-18(19,2)3/h4-9,12H,1,10-11H2,2-3H3. The first kappa shape index (κ1) is 12.9. The first-order valence-corrected chi connectivity index (χ1v) is 7.02. The van der Waals surface area contributed by atoms with E-state index in [0.717, 1.165) is 29.7 Å². The topological polar surface area (TPSA) is 22.0 Å². The van der Waals surface area contributed by atoms with Crippen molar-refractivity contribution in [2.75, 3.05) is 0 Å². The van der Waals surface area contributed by atoms with Crippen LogP contribution in [0, 0.1) is 0 Å². The maximum Gasteiger partial charge on any atom is 0.209 e. The Morgan fingerprint density at radius 2 is 2.00 bits per heavy atom. The average Bonchev–Trinajstić information content (AvgIpc) is 2.98. The molecule has 0 atom stereocenters. The smallest absolute Gasteiger partial charge is 0.209 e. The highest BCUT2D eigenvalue weighted by Crippen LogP contribution is 2.37. The summed E-state index contributed by atoms with van der Waals surface area (Å²) < 4.78 is 2.21. The van der Waals surface area contributed by atoms with Crippen LogP contribution in [-0.4, -0.2) is 10.4 Å². The zero-order valence-corrected chi connectivity index (χ0v) is 12.0. The molecule has 1 aliphatic rings. The van der Waals surface area contributed by atoms with E-state index in [1.165, 1.54) is 5.69 Å². The molecule has 20 heavy (non-hydrogen) atoms. The highest BCUT2D eigenvalue weighted by atomic mass is 16.1. The van der Waals surface area contributed by atoms with Crippen molar-refractivity contribution < 1.29 is 4.79 Å². The van der Waals surface area contributed by atoms with Crippen molar-refractivity contribution in [1.29, 1.82) is 0 Å². The molecule has 2 heterocycles. The van der Waals surface area contributed by atoms with Gasteiger partial charge in [0, 0.05) is 16.8 Å². The van der Waals surface area contributed by atoms with Crippen LogP contribution < -0.4 is 0 Å². The minimum Gasteiger partial charge on any atom is -0.336 e. The molecular weight excluding hydrogens is 246 g/mol. The maximum absolute atomic E-state index is 12.8. The molecule has 102 valence electrons. The summed E-state index contributed by atoms with van der Waals surface area (Å²) in [4.78, 5) is 12.8. The van der Waals surface area contributed by atoms with E-state index in [1.54, 1.807) is 0 Å². The van der Waals surface area contributed by atoms with Crippen molar-refractivity contribution in [3.8, 4) is 0 Å². The number of benzene rings is 1. The summed E-state index contributed by atoms with van der Waals surface area (Å²) in [6.07, 6.45) is 3.94. The summed E-state index contributed by atoms with van der Waals surface area (Å²) in [5.74, 6) is 0.0925. The van der Waals surface area contributed by atoms with Crippen molar-refractivity contribution in [2.45, 2.75) is 32.2 Å². The van der Waals surface area contributed by atoms with Crippen LogP contribution in [0.5, 0.6) is 0 Å². The Labute approximate surface area is 119 Å². The SMILES string of the molecule is C=Cc1cc(C(=O)c2ccccc2)n2c1CCC2(C)C. The van der Waals surface area contributed by atoms with Crippen molar-refractivity contribution in [3.63, 3.8) is 0 Å². The molecule has 0 bridgehead atoms. The second kappa shape index (κ2) is 4.48. The van der Waals surface area contributed by atoms with E-state index in [-0.39, 0.29) is 11.3 Å². The molecule has 0 aliphatic carbocycles. The number of fused-ring (bicyclic) bond motifs is 1. The normalized spacial score (nSPS) is 15.9. The van der Waals surface area contributed by atoms with Crippen LogP contribution in [0.25, 0.3) is 6.08 Å². The van der Waals surface area contributed by atoms with Crippen LogP contribution in [0.1, 0.15) is 47.6 Å². The van der Waals surface area contributed by atoms with E-state index in [4.69, 9.17) is 0 Å². The van der Waals surface area contributed by atoms with Gasteiger partial charge in [-0.2, -0.15) is 0 Å². The second-order valence-corrected chi connectivity index (χ2v) is 5.98. The Morgan fingerprint density at radius 3 is 2.65 bits per heavy atom. The summed E-state index contributed by atoms with van der Waals surface area (Å²) in [5.41, 5.74) is 3.85. The molecule has 0 N–H and O–H groups in total. The van der Waals surface area contributed by atoms with E-state index in [1.807, 2.05) is 42.5 Å². The van der Waals surface area contributed by atoms with Gasteiger partial charge in [-0.15, -0.1) is 0 Å². The zero-order valence-electron chi connectivity index (χ0n) is 12.0. The first-order chi connectivity index (χ1) is 9.54. The van der Waals surface area contributed by atoms with Crippen LogP contribution >= 0.6 is 0 Å². The first-order valence-electron chi connectivity index (χ1n) is 7.02. The fourth-order valence-electron chi connectivity index (χ4n) is 3.13. The minimum atomic E-state index is -0.00360. The Bertz CT molecular complexity index is 677. The number of ketones is 1. The van der Waals surface area contributed by atoms with Gasteiger partial charge in [-0.1, -0.05) is 43.0 Å². The maximum atomic E-state index is 12.8. The van der Waals surface area contributed by atoms with Crippen molar-refractivity contribution in [2.24, 2.45) is 0 Å². The van der Waals surface area contributed by atoms with Crippen LogP contribution in [0.3, 0.4) is 0 Å².